The highest BCUT2D eigenvalue weighted by molar-refractivity contribution is 7.96. The van der Waals surface area contributed by atoms with Crippen LogP contribution in [0.2, 0.25) is 0 Å². The van der Waals surface area contributed by atoms with Gasteiger partial charge in [-0.05, 0) is 64.2 Å². The molecule has 1 atom stereocenters. The third kappa shape index (κ3) is 36.9. The highest BCUT2D eigenvalue weighted by atomic mass is 32.1. The molecule has 1 N–H and O–H groups in total. The van der Waals surface area contributed by atoms with Crippen molar-refractivity contribution in [3.05, 3.63) is 24.3 Å². The Labute approximate surface area is 295 Å². The van der Waals surface area contributed by atoms with E-state index in [-0.39, 0.29) is 25.1 Å². The van der Waals surface area contributed by atoms with E-state index in [1.54, 1.807) is 0 Å². The van der Waals surface area contributed by atoms with Gasteiger partial charge in [0.15, 0.2) is 6.10 Å². The molecule has 0 radical (unpaired) electrons. The average Bonchev–Trinajstić information content (AvgIpc) is 3.05. The van der Waals surface area contributed by atoms with Gasteiger partial charge in [0.25, 0.3) is 5.24 Å². The Morgan fingerprint density at radius 3 is 1.30 bits per heavy atom. The van der Waals surface area contributed by atoms with Crippen molar-refractivity contribution in [3.63, 3.8) is 0 Å². The van der Waals surface area contributed by atoms with Crippen LogP contribution in [0.5, 0.6) is 0 Å². The van der Waals surface area contributed by atoms with Gasteiger partial charge < -0.3 is 14.8 Å². The summed E-state index contributed by atoms with van der Waals surface area (Å²) >= 11 is 3.72. The second-order valence-electron chi connectivity index (χ2n) is 13.1. The molecule has 274 valence electrons. The summed E-state index contributed by atoms with van der Waals surface area (Å²) in [5.74, 6) is -0.618. The van der Waals surface area contributed by atoms with Gasteiger partial charge in [0.05, 0.1) is 6.54 Å². The standard InChI is InChI=1S/C40H73NO5S/c1-3-5-7-9-11-13-15-17-19-21-23-25-27-29-31-33-38(42)45-36-37(35-41-40(44)47)46-39(43)34-32-30-28-26-24-22-20-18-16-14-12-10-8-6-4-2/h17-20,37H,3-16,21-36H2,1-2H3,(H2,41,44,47). The summed E-state index contributed by atoms with van der Waals surface area (Å²) in [6.07, 6.45) is 40.6. The minimum atomic E-state index is -0.709. The van der Waals surface area contributed by atoms with Gasteiger partial charge in [-0.2, -0.15) is 0 Å². The Hall–Kier alpha value is -1.76. The Morgan fingerprint density at radius 2 is 0.894 bits per heavy atom. The fraction of sp³-hybridized carbons (Fsp3) is 0.825. The second-order valence-corrected chi connectivity index (χ2v) is 13.6. The minimum absolute atomic E-state index is 0.0594. The minimum Gasteiger partial charge on any atom is -0.462 e. The van der Waals surface area contributed by atoms with Crippen LogP contribution in [0.1, 0.15) is 194 Å². The molecule has 0 aliphatic carbocycles. The van der Waals surface area contributed by atoms with Gasteiger partial charge in [0.2, 0.25) is 0 Å². The van der Waals surface area contributed by atoms with Gasteiger partial charge in [-0.1, -0.05) is 154 Å². The molecule has 47 heavy (non-hydrogen) atoms. The maximum atomic E-state index is 12.4. The number of hydrogen-bond acceptors (Lipinski definition) is 5. The lowest BCUT2D eigenvalue weighted by Gasteiger charge is -2.18. The second kappa shape index (κ2) is 37.1. The molecule has 0 aromatic heterocycles. The molecule has 0 aromatic rings. The molecule has 0 heterocycles. The summed E-state index contributed by atoms with van der Waals surface area (Å²) < 4.78 is 10.9. The lowest BCUT2D eigenvalue weighted by atomic mass is 10.1. The summed E-state index contributed by atoms with van der Waals surface area (Å²) in [5.41, 5.74) is 0. The maximum absolute atomic E-state index is 12.4. The van der Waals surface area contributed by atoms with Crippen molar-refractivity contribution >= 4 is 29.8 Å². The van der Waals surface area contributed by atoms with Gasteiger partial charge in [-0.3, -0.25) is 14.4 Å². The van der Waals surface area contributed by atoms with Crippen LogP contribution in [-0.4, -0.2) is 36.4 Å². The Bertz CT molecular complexity index is 785. The summed E-state index contributed by atoms with van der Waals surface area (Å²) in [6.45, 7) is 4.52. The first-order chi connectivity index (χ1) is 23.0. The van der Waals surface area contributed by atoms with E-state index in [9.17, 15) is 14.4 Å². The van der Waals surface area contributed by atoms with E-state index < -0.39 is 11.3 Å². The zero-order valence-electron chi connectivity index (χ0n) is 30.6. The first kappa shape index (κ1) is 45.2. The third-order valence-electron chi connectivity index (χ3n) is 8.49. The van der Waals surface area contributed by atoms with Crippen molar-refractivity contribution in [2.24, 2.45) is 0 Å². The quantitative estimate of drug-likeness (QED) is 0.0301. The van der Waals surface area contributed by atoms with Crippen LogP contribution in [-0.2, 0) is 19.1 Å². The molecule has 0 spiro atoms. The molecular formula is C40H73NO5S. The Morgan fingerprint density at radius 1 is 0.532 bits per heavy atom. The molecule has 0 rings (SSSR count). The van der Waals surface area contributed by atoms with E-state index in [4.69, 9.17) is 9.47 Å². The molecule has 0 aliphatic heterocycles. The number of unbranched alkanes of at least 4 members (excludes halogenated alkanes) is 22. The number of thiol groups is 1. The molecule has 6 nitrogen and oxygen atoms in total. The van der Waals surface area contributed by atoms with Gasteiger partial charge >= 0.3 is 11.9 Å². The normalized spacial score (nSPS) is 12.1. The predicted octanol–water partition coefficient (Wildman–Crippen LogP) is 12.2. The van der Waals surface area contributed by atoms with Crippen molar-refractivity contribution in [2.45, 2.75) is 200 Å². The highest BCUT2D eigenvalue weighted by Crippen LogP contribution is 2.13. The zero-order valence-corrected chi connectivity index (χ0v) is 31.5. The lowest BCUT2D eigenvalue weighted by molar-refractivity contribution is -0.158. The van der Waals surface area contributed by atoms with Gasteiger partial charge in [0, 0.05) is 12.8 Å². The number of carbonyl (C=O) groups excluding carboxylic acids is 3. The maximum Gasteiger partial charge on any atom is 0.306 e. The first-order valence-electron chi connectivity index (χ1n) is 19.6. The monoisotopic (exact) mass is 680 g/mol. The van der Waals surface area contributed by atoms with Crippen molar-refractivity contribution in [3.8, 4) is 0 Å². The molecule has 1 unspecified atom stereocenters. The number of carbonyl (C=O) groups is 3. The molecule has 0 bridgehead atoms. The van der Waals surface area contributed by atoms with Crippen LogP contribution in [0, 0.1) is 0 Å². The molecule has 1 amide bonds. The topological polar surface area (TPSA) is 81.7 Å². The zero-order chi connectivity index (χ0) is 34.5. The Kier molecular flexibility index (Phi) is 35.7. The van der Waals surface area contributed by atoms with Crippen molar-refractivity contribution < 1.29 is 23.9 Å². The molecule has 7 heteroatoms. The number of rotatable bonds is 35. The fourth-order valence-electron chi connectivity index (χ4n) is 5.52. The van der Waals surface area contributed by atoms with Crippen molar-refractivity contribution in [1.82, 2.24) is 5.32 Å². The predicted molar refractivity (Wildman–Crippen MR) is 202 cm³/mol. The number of ether oxygens (including phenoxy) is 2. The largest absolute Gasteiger partial charge is 0.462 e. The number of esters is 2. The number of amides is 1. The SMILES string of the molecule is CCCCCCCCC=CCCCCCCCC(=O)OCC(CNC(=O)S)OC(=O)CCCCCCCC=CCCCCCCCC. The van der Waals surface area contributed by atoms with Crippen molar-refractivity contribution in [1.29, 1.82) is 0 Å². The highest BCUT2D eigenvalue weighted by Gasteiger charge is 2.17. The Balaban J connectivity index is 3.87. The number of hydrogen-bond donors (Lipinski definition) is 2. The average molecular weight is 680 g/mol. The summed E-state index contributed by atoms with van der Waals surface area (Å²) in [4.78, 5) is 35.9. The summed E-state index contributed by atoms with van der Waals surface area (Å²) in [6, 6.07) is 0. The van der Waals surface area contributed by atoms with Crippen molar-refractivity contribution in [2.75, 3.05) is 13.2 Å². The van der Waals surface area contributed by atoms with E-state index in [2.05, 4.69) is 56.1 Å². The van der Waals surface area contributed by atoms with Gasteiger partial charge in [-0.15, -0.1) is 0 Å². The summed E-state index contributed by atoms with van der Waals surface area (Å²) in [5, 5.41) is 2.03. The molecule has 0 aromatic carbocycles. The van der Waals surface area contributed by atoms with E-state index in [0.29, 0.717) is 12.8 Å². The van der Waals surface area contributed by atoms with Crippen LogP contribution in [0.4, 0.5) is 4.79 Å². The number of allylic oxidation sites excluding steroid dienone is 4. The van der Waals surface area contributed by atoms with Gasteiger partial charge in [-0.25, -0.2) is 0 Å². The third-order valence-corrected chi connectivity index (χ3v) is 8.65. The van der Waals surface area contributed by atoms with E-state index >= 15 is 0 Å². The van der Waals surface area contributed by atoms with E-state index in [0.717, 1.165) is 51.4 Å². The fourth-order valence-corrected chi connectivity index (χ4v) is 5.61. The molecule has 0 fully saturated rings. The van der Waals surface area contributed by atoms with Crippen LogP contribution in [0.25, 0.3) is 0 Å². The number of nitrogens with one attached hydrogen (secondary N) is 1. The van der Waals surface area contributed by atoms with Crippen LogP contribution >= 0.6 is 12.6 Å². The van der Waals surface area contributed by atoms with E-state index in [1.165, 1.54) is 116 Å². The summed E-state index contributed by atoms with van der Waals surface area (Å²) in [7, 11) is 0. The van der Waals surface area contributed by atoms with Crippen LogP contribution in [0.15, 0.2) is 24.3 Å². The van der Waals surface area contributed by atoms with E-state index in [1.807, 2.05) is 0 Å². The lowest BCUT2D eigenvalue weighted by Crippen LogP contribution is -2.36. The molecule has 0 saturated heterocycles. The smallest absolute Gasteiger partial charge is 0.306 e. The van der Waals surface area contributed by atoms with Gasteiger partial charge in [0.1, 0.15) is 6.61 Å². The molecule has 0 saturated carbocycles. The molecular weight excluding hydrogens is 607 g/mol. The van der Waals surface area contributed by atoms with Crippen LogP contribution in [0.3, 0.4) is 0 Å². The van der Waals surface area contributed by atoms with Crippen LogP contribution < -0.4 is 5.32 Å². The molecule has 0 aliphatic rings. The first-order valence-corrected chi connectivity index (χ1v) is 20.1.